The van der Waals surface area contributed by atoms with Crippen LogP contribution in [0.4, 0.5) is 0 Å². The van der Waals surface area contributed by atoms with Gasteiger partial charge in [0.15, 0.2) is 0 Å². The Bertz CT molecular complexity index is 412. The second kappa shape index (κ2) is 7.89. The fourth-order valence-corrected chi connectivity index (χ4v) is 2.46. The molecule has 0 heterocycles. The van der Waals surface area contributed by atoms with E-state index in [4.69, 9.17) is 27.9 Å². The zero-order valence-corrected chi connectivity index (χ0v) is 12.2. The Morgan fingerprint density at radius 1 is 1.44 bits per heavy atom. The van der Waals surface area contributed by atoms with Gasteiger partial charge >= 0.3 is 5.97 Å². The van der Waals surface area contributed by atoms with Crippen molar-refractivity contribution in [3.05, 3.63) is 28.2 Å². The summed E-state index contributed by atoms with van der Waals surface area (Å²) in [5.41, 5.74) is 0. The van der Waals surface area contributed by atoms with Crippen LogP contribution in [-0.2, 0) is 9.53 Å². The molecule has 0 spiro atoms. The summed E-state index contributed by atoms with van der Waals surface area (Å²) in [5.74, 6) is 0.0104. The molecule has 0 bridgehead atoms. The first-order valence-corrected chi connectivity index (χ1v) is 7.18. The molecule has 3 nitrogen and oxygen atoms in total. The van der Waals surface area contributed by atoms with Crippen molar-refractivity contribution in [3.8, 4) is 0 Å². The molecule has 0 radical (unpaired) electrons. The normalized spacial score (nSPS) is 12.2. The fraction of sp³-hybridized carbons (Fsp3) is 0.417. The molecule has 0 fully saturated rings. The van der Waals surface area contributed by atoms with E-state index in [1.165, 1.54) is 11.8 Å². The molecule has 1 aromatic carbocycles. The van der Waals surface area contributed by atoms with Crippen molar-refractivity contribution in [2.75, 3.05) is 12.4 Å². The number of halogens is 2. The van der Waals surface area contributed by atoms with E-state index in [0.29, 0.717) is 22.4 Å². The third-order valence-corrected chi connectivity index (χ3v) is 3.92. The van der Waals surface area contributed by atoms with E-state index in [2.05, 4.69) is 0 Å². The largest absolute Gasteiger partial charge is 0.466 e. The summed E-state index contributed by atoms with van der Waals surface area (Å²) in [6.45, 7) is 2.06. The second-order valence-corrected chi connectivity index (χ2v) is 5.46. The molecule has 1 N–H and O–H groups in total. The summed E-state index contributed by atoms with van der Waals surface area (Å²) in [5, 5.41) is 10.6. The van der Waals surface area contributed by atoms with E-state index in [-0.39, 0.29) is 12.4 Å². The van der Waals surface area contributed by atoms with Crippen LogP contribution >= 0.6 is 35.0 Å². The average molecular weight is 309 g/mol. The summed E-state index contributed by atoms with van der Waals surface area (Å²) in [4.78, 5) is 12.0. The summed E-state index contributed by atoms with van der Waals surface area (Å²) in [6, 6.07) is 5.24. The van der Waals surface area contributed by atoms with Gasteiger partial charge in [0.25, 0.3) is 0 Å². The number of thioether (sulfide) groups is 1. The minimum atomic E-state index is -0.733. The highest BCUT2D eigenvalue weighted by Crippen LogP contribution is 2.28. The first-order chi connectivity index (χ1) is 8.52. The van der Waals surface area contributed by atoms with Crippen LogP contribution in [0, 0.1) is 0 Å². The van der Waals surface area contributed by atoms with Gasteiger partial charge in [-0.2, -0.15) is 0 Å². The lowest BCUT2D eigenvalue weighted by Gasteiger charge is -2.09. The van der Waals surface area contributed by atoms with Crippen LogP contribution in [0.25, 0.3) is 0 Å². The number of benzene rings is 1. The van der Waals surface area contributed by atoms with Crippen molar-refractivity contribution in [1.82, 2.24) is 0 Å². The van der Waals surface area contributed by atoms with Gasteiger partial charge in [0.2, 0.25) is 0 Å². The maximum atomic E-state index is 11.1. The molecule has 6 heteroatoms. The molecule has 0 aliphatic carbocycles. The van der Waals surface area contributed by atoms with E-state index in [0.717, 1.165) is 4.90 Å². The molecule has 18 heavy (non-hydrogen) atoms. The molecule has 0 aliphatic rings. The van der Waals surface area contributed by atoms with Crippen molar-refractivity contribution in [3.63, 3.8) is 0 Å². The van der Waals surface area contributed by atoms with Crippen molar-refractivity contribution >= 4 is 40.9 Å². The number of carbonyl (C=O) groups is 1. The number of rotatable bonds is 6. The van der Waals surface area contributed by atoms with Crippen molar-refractivity contribution in [1.29, 1.82) is 0 Å². The number of aliphatic hydroxyl groups excluding tert-OH is 1. The number of esters is 1. The molecule has 0 aromatic heterocycles. The van der Waals surface area contributed by atoms with E-state index in [9.17, 15) is 9.90 Å². The van der Waals surface area contributed by atoms with Gasteiger partial charge in [-0.25, -0.2) is 0 Å². The number of hydrogen-bond acceptors (Lipinski definition) is 4. The Hall–Kier alpha value is -0.420. The van der Waals surface area contributed by atoms with Crippen LogP contribution < -0.4 is 0 Å². The maximum absolute atomic E-state index is 11.1. The maximum Gasteiger partial charge on any atom is 0.308 e. The second-order valence-electron chi connectivity index (χ2n) is 3.55. The molecule has 0 saturated carbocycles. The summed E-state index contributed by atoms with van der Waals surface area (Å²) in [6.07, 6.45) is -0.731. The Kier molecular flexibility index (Phi) is 6.86. The predicted molar refractivity (Wildman–Crippen MR) is 74.4 cm³/mol. The highest BCUT2D eigenvalue weighted by molar-refractivity contribution is 7.99. The third kappa shape index (κ3) is 5.48. The first kappa shape index (κ1) is 15.6. The van der Waals surface area contributed by atoms with Gasteiger partial charge in [-0.15, -0.1) is 11.8 Å². The van der Waals surface area contributed by atoms with Crippen LogP contribution in [0.3, 0.4) is 0 Å². The standard InChI is InChI=1S/C12H14Cl2O3S/c1-2-17-12(16)5-8(15)7-18-9-3-4-10(13)11(14)6-9/h3-4,6,8,15H,2,5,7H2,1H3. The zero-order chi connectivity index (χ0) is 13.5. The molecule has 100 valence electrons. The lowest BCUT2D eigenvalue weighted by Crippen LogP contribution is -2.17. The SMILES string of the molecule is CCOC(=O)CC(O)CSc1ccc(Cl)c(Cl)c1. The molecule has 0 aliphatic heterocycles. The Morgan fingerprint density at radius 2 is 2.17 bits per heavy atom. The number of aliphatic hydroxyl groups is 1. The van der Waals surface area contributed by atoms with Gasteiger partial charge in [-0.1, -0.05) is 23.2 Å². The molecule has 1 aromatic rings. The number of carbonyl (C=O) groups excluding carboxylic acids is 1. The van der Waals surface area contributed by atoms with Crippen LogP contribution in [0.5, 0.6) is 0 Å². The summed E-state index contributed by atoms with van der Waals surface area (Å²) in [7, 11) is 0. The average Bonchev–Trinajstić information content (AvgIpc) is 2.31. The molecule has 1 atom stereocenters. The Labute approximate surface area is 120 Å². The van der Waals surface area contributed by atoms with Gasteiger partial charge in [-0.3, -0.25) is 4.79 Å². The highest BCUT2D eigenvalue weighted by atomic mass is 35.5. The highest BCUT2D eigenvalue weighted by Gasteiger charge is 2.12. The Balaban J connectivity index is 2.40. The van der Waals surface area contributed by atoms with Gasteiger partial charge in [-0.05, 0) is 25.1 Å². The van der Waals surface area contributed by atoms with Crippen molar-refractivity contribution in [2.24, 2.45) is 0 Å². The van der Waals surface area contributed by atoms with Crippen molar-refractivity contribution in [2.45, 2.75) is 24.3 Å². The minimum Gasteiger partial charge on any atom is -0.466 e. The lowest BCUT2D eigenvalue weighted by atomic mass is 10.3. The fourth-order valence-electron chi connectivity index (χ4n) is 1.23. The molecule has 0 saturated heterocycles. The van der Waals surface area contributed by atoms with E-state index in [1.807, 2.05) is 6.07 Å². The van der Waals surface area contributed by atoms with E-state index < -0.39 is 6.10 Å². The van der Waals surface area contributed by atoms with Gasteiger partial charge in [0.05, 0.1) is 29.2 Å². The van der Waals surface area contributed by atoms with Crippen LogP contribution in [0.1, 0.15) is 13.3 Å². The quantitative estimate of drug-likeness (QED) is 0.646. The predicted octanol–water partition coefficient (Wildman–Crippen LogP) is 3.40. The lowest BCUT2D eigenvalue weighted by molar-refractivity contribution is -0.144. The number of hydrogen-bond donors (Lipinski definition) is 1. The van der Waals surface area contributed by atoms with Crippen molar-refractivity contribution < 1.29 is 14.6 Å². The topological polar surface area (TPSA) is 46.5 Å². The van der Waals surface area contributed by atoms with Crippen LogP contribution in [0.15, 0.2) is 23.1 Å². The molecule has 0 amide bonds. The molecular weight excluding hydrogens is 295 g/mol. The Morgan fingerprint density at radius 3 is 2.78 bits per heavy atom. The van der Waals surface area contributed by atoms with E-state index in [1.54, 1.807) is 19.1 Å². The monoisotopic (exact) mass is 308 g/mol. The van der Waals surface area contributed by atoms with Crippen LogP contribution in [-0.4, -0.2) is 29.5 Å². The van der Waals surface area contributed by atoms with Gasteiger partial charge < -0.3 is 9.84 Å². The van der Waals surface area contributed by atoms with Crippen LogP contribution in [0.2, 0.25) is 10.0 Å². The first-order valence-electron chi connectivity index (χ1n) is 5.44. The zero-order valence-electron chi connectivity index (χ0n) is 9.86. The molecule has 1 rings (SSSR count). The minimum absolute atomic E-state index is 0.00214. The summed E-state index contributed by atoms with van der Waals surface area (Å²) >= 11 is 13.1. The number of ether oxygens (including phenoxy) is 1. The molecular formula is C12H14Cl2O3S. The molecule has 1 unspecified atom stereocenters. The summed E-state index contributed by atoms with van der Waals surface area (Å²) < 4.78 is 4.75. The van der Waals surface area contributed by atoms with Gasteiger partial charge in [0, 0.05) is 10.6 Å². The van der Waals surface area contributed by atoms with E-state index >= 15 is 0 Å². The van der Waals surface area contributed by atoms with Gasteiger partial charge in [0.1, 0.15) is 0 Å². The smallest absolute Gasteiger partial charge is 0.308 e. The third-order valence-electron chi connectivity index (χ3n) is 2.04.